The predicted octanol–water partition coefficient (Wildman–Crippen LogP) is 4.18. The SMILES string of the molecule is CC(C)(C)OC(=O)NC[C@@H]1Cc2ncc(F)cc2Oc2ccccc21. The molecule has 1 aliphatic rings. The van der Waals surface area contributed by atoms with Crippen molar-refractivity contribution in [1.82, 2.24) is 10.3 Å². The summed E-state index contributed by atoms with van der Waals surface area (Å²) in [5.41, 5.74) is 1.05. The van der Waals surface area contributed by atoms with Crippen LogP contribution in [0.2, 0.25) is 0 Å². The first-order chi connectivity index (χ1) is 11.8. The molecule has 0 saturated heterocycles. The molecular weight excluding hydrogens is 323 g/mol. The molecule has 1 aromatic carbocycles. The van der Waals surface area contributed by atoms with E-state index in [0.29, 0.717) is 30.2 Å². The van der Waals surface area contributed by atoms with Crippen molar-refractivity contribution in [2.45, 2.75) is 38.7 Å². The lowest BCUT2D eigenvalue weighted by atomic mass is 9.94. The van der Waals surface area contributed by atoms with Gasteiger partial charge >= 0.3 is 6.09 Å². The standard InChI is InChI=1S/C19H21FN2O3/c1-19(2,3)25-18(23)22-10-12-8-15-17(9-13(20)11-21-15)24-16-7-5-4-6-14(12)16/h4-7,9,11-12H,8,10H2,1-3H3,(H,22,23)/t12-/m0/s1. The lowest BCUT2D eigenvalue weighted by molar-refractivity contribution is 0.0524. The average Bonchev–Trinajstić information content (AvgIpc) is 2.67. The predicted molar refractivity (Wildman–Crippen MR) is 91.4 cm³/mol. The summed E-state index contributed by atoms with van der Waals surface area (Å²) >= 11 is 0. The van der Waals surface area contributed by atoms with Crippen molar-refractivity contribution in [2.24, 2.45) is 0 Å². The fraction of sp³-hybridized carbons (Fsp3) is 0.368. The van der Waals surface area contributed by atoms with Crippen molar-refractivity contribution in [3.63, 3.8) is 0 Å². The molecule has 0 unspecified atom stereocenters. The third-order valence-electron chi connectivity index (χ3n) is 3.81. The third-order valence-corrected chi connectivity index (χ3v) is 3.81. The Morgan fingerprint density at radius 2 is 2.12 bits per heavy atom. The number of rotatable bonds is 2. The van der Waals surface area contributed by atoms with Gasteiger partial charge in [0.2, 0.25) is 0 Å². The molecule has 1 aliphatic heterocycles. The number of halogens is 1. The number of para-hydroxylation sites is 1. The quantitative estimate of drug-likeness (QED) is 0.888. The maximum absolute atomic E-state index is 13.5. The molecule has 1 aromatic heterocycles. The Labute approximate surface area is 146 Å². The van der Waals surface area contributed by atoms with Crippen LogP contribution < -0.4 is 10.1 Å². The summed E-state index contributed by atoms with van der Waals surface area (Å²) in [6, 6.07) is 8.87. The van der Waals surface area contributed by atoms with Gasteiger partial charge in [-0.25, -0.2) is 9.18 Å². The maximum Gasteiger partial charge on any atom is 0.407 e. The number of amides is 1. The van der Waals surface area contributed by atoms with Crippen LogP contribution in [0.1, 0.15) is 37.9 Å². The highest BCUT2D eigenvalue weighted by atomic mass is 19.1. The van der Waals surface area contributed by atoms with Crippen LogP contribution >= 0.6 is 0 Å². The molecular formula is C19H21FN2O3. The van der Waals surface area contributed by atoms with Crippen molar-refractivity contribution in [3.8, 4) is 11.5 Å². The zero-order valence-electron chi connectivity index (χ0n) is 14.5. The molecule has 1 amide bonds. The zero-order valence-corrected chi connectivity index (χ0v) is 14.5. The first-order valence-corrected chi connectivity index (χ1v) is 8.20. The van der Waals surface area contributed by atoms with Crippen LogP contribution in [0.15, 0.2) is 36.5 Å². The normalized spacial score (nSPS) is 16.1. The van der Waals surface area contributed by atoms with E-state index in [1.165, 1.54) is 12.3 Å². The maximum atomic E-state index is 13.5. The molecule has 3 rings (SSSR count). The van der Waals surface area contributed by atoms with Gasteiger partial charge in [-0.15, -0.1) is 0 Å². The van der Waals surface area contributed by atoms with Gasteiger partial charge in [0.25, 0.3) is 0 Å². The second-order valence-corrected chi connectivity index (χ2v) is 7.02. The number of benzene rings is 1. The van der Waals surface area contributed by atoms with Gasteiger partial charge in [0.05, 0.1) is 11.9 Å². The molecule has 2 aromatic rings. The number of alkyl carbamates (subject to hydrolysis) is 1. The summed E-state index contributed by atoms with van der Waals surface area (Å²) in [5.74, 6) is 0.557. The fourth-order valence-corrected chi connectivity index (χ4v) is 2.77. The van der Waals surface area contributed by atoms with Crippen LogP contribution in [0, 0.1) is 5.82 Å². The molecule has 0 fully saturated rings. The summed E-state index contributed by atoms with van der Waals surface area (Å²) in [4.78, 5) is 16.1. The minimum atomic E-state index is -0.555. The molecule has 5 nitrogen and oxygen atoms in total. The van der Waals surface area contributed by atoms with Crippen molar-refractivity contribution in [3.05, 3.63) is 53.6 Å². The smallest absolute Gasteiger partial charge is 0.407 e. The molecule has 0 radical (unpaired) electrons. The Morgan fingerprint density at radius 1 is 1.36 bits per heavy atom. The minimum Gasteiger partial charge on any atom is -0.455 e. The van der Waals surface area contributed by atoms with Gasteiger partial charge in [0.15, 0.2) is 5.75 Å². The zero-order chi connectivity index (χ0) is 18.0. The molecule has 2 heterocycles. The van der Waals surface area contributed by atoms with Crippen LogP contribution in [-0.2, 0) is 11.2 Å². The summed E-state index contributed by atoms with van der Waals surface area (Å²) in [5, 5.41) is 2.80. The van der Waals surface area contributed by atoms with E-state index < -0.39 is 17.5 Å². The van der Waals surface area contributed by atoms with Gasteiger partial charge < -0.3 is 14.8 Å². The van der Waals surface area contributed by atoms with Crippen molar-refractivity contribution >= 4 is 6.09 Å². The van der Waals surface area contributed by atoms with Gasteiger partial charge in [-0.1, -0.05) is 18.2 Å². The topological polar surface area (TPSA) is 60.5 Å². The summed E-state index contributed by atoms with van der Waals surface area (Å²) in [6.45, 7) is 5.82. The number of carbonyl (C=O) groups is 1. The molecule has 25 heavy (non-hydrogen) atoms. The Hall–Kier alpha value is -2.63. The second kappa shape index (κ2) is 6.70. The van der Waals surface area contributed by atoms with E-state index >= 15 is 0 Å². The number of hydrogen-bond acceptors (Lipinski definition) is 4. The van der Waals surface area contributed by atoms with Crippen LogP contribution in [0.3, 0.4) is 0 Å². The van der Waals surface area contributed by atoms with Crippen LogP contribution in [0.5, 0.6) is 11.5 Å². The number of pyridine rings is 1. The Morgan fingerprint density at radius 3 is 2.88 bits per heavy atom. The Balaban J connectivity index is 1.83. The molecule has 0 bridgehead atoms. The van der Waals surface area contributed by atoms with E-state index in [9.17, 15) is 9.18 Å². The summed E-state index contributed by atoms with van der Waals surface area (Å²) in [6.07, 6.45) is 1.24. The molecule has 0 spiro atoms. The highest BCUT2D eigenvalue weighted by Crippen LogP contribution is 2.38. The monoisotopic (exact) mass is 344 g/mol. The fourth-order valence-electron chi connectivity index (χ4n) is 2.77. The van der Waals surface area contributed by atoms with Crippen molar-refractivity contribution in [1.29, 1.82) is 0 Å². The molecule has 0 saturated carbocycles. The first kappa shape index (κ1) is 17.2. The van der Waals surface area contributed by atoms with Gasteiger partial charge in [-0.05, 0) is 26.8 Å². The average molecular weight is 344 g/mol. The van der Waals surface area contributed by atoms with E-state index in [4.69, 9.17) is 9.47 Å². The second-order valence-electron chi connectivity index (χ2n) is 7.02. The van der Waals surface area contributed by atoms with Crippen LogP contribution in [0.4, 0.5) is 9.18 Å². The molecule has 132 valence electrons. The Kier molecular flexibility index (Phi) is 4.61. The van der Waals surface area contributed by atoms with E-state index in [0.717, 1.165) is 5.56 Å². The van der Waals surface area contributed by atoms with Crippen molar-refractivity contribution < 1.29 is 18.7 Å². The van der Waals surface area contributed by atoms with Gasteiger partial charge in [0.1, 0.15) is 17.2 Å². The number of ether oxygens (including phenoxy) is 2. The van der Waals surface area contributed by atoms with Crippen LogP contribution in [-0.4, -0.2) is 23.2 Å². The number of nitrogens with one attached hydrogen (secondary N) is 1. The van der Waals surface area contributed by atoms with Crippen molar-refractivity contribution in [2.75, 3.05) is 6.54 Å². The number of carbonyl (C=O) groups excluding carboxylic acids is 1. The number of aromatic nitrogens is 1. The summed E-state index contributed by atoms with van der Waals surface area (Å²) < 4.78 is 24.6. The number of nitrogens with zero attached hydrogens (tertiary/aromatic N) is 1. The van der Waals surface area contributed by atoms with Gasteiger partial charge in [-0.3, -0.25) is 4.98 Å². The largest absolute Gasteiger partial charge is 0.455 e. The van der Waals surface area contributed by atoms with Crippen LogP contribution in [0.25, 0.3) is 0 Å². The lowest BCUT2D eigenvalue weighted by Crippen LogP contribution is -2.35. The van der Waals surface area contributed by atoms with Gasteiger partial charge in [-0.2, -0.15) is 0 Å². The highest BCUT2D eigenvalue weighted by Gasteiger charge is 2.26. The molecule has 1 atom stereocenters. The molecule has 0 aliphatic carbocycles. The molecule has 6 heteroatoms. The highest BCUT2D eigenvalue weighted by molar-refractivity contribution is 5.67. The number of fused-ring (bicyclic) bond motifs is 2. The van der Waals surface area contributed by atoms with E-state index in [2.05, 4.69) is 10.3 Å². The first-order valence-electron chi connectivity index (χ1n) is 8.20. The lowest BCUT2D eigenvalue weighted by Gasteiger charge is -2.22. The van der Waals surface area contributed by atoms with E-state index in [1.54, 1.807) is 0 Å². The summed E-state index contributed by atoms with van der Waals surface area (Å²) in [7, 11) is 0. The Bertz CT molecular complexity index is 786. The molecule has 1 N–H and O–H groups in total. The van der Waals surface area contributed by atoms with E-state index in [-0.39, 0.29) is 5.92 Å². The van der Waals surface area contributed by atoms with E-state index in [1.807, 2.05) is 45.0 Å². The van der Waals surface area contributed by atoms with Gasteiger partial charge in [0, 0.05) is 30.5 Å². The third kappa shape index (κ3) is 4.26. The minimum absolute atomic E-state index is 0.0528. The number of hydrogen-bond donors (Lipinski definition) is 1.